The van der Waals surface area contributed by atoms with Gasteiger partial charge in [-0.15, -0.1) is 0 Å². The van der Waals surface area contributed by atoms with Crippen molar-refractivity contribution in [3.8, 4) is 11.5 Å². The second-order valence-electron chi connectivity index (χ2n) is 4.30. The smallest absolute Gasteiger partial charge is 0.231 e. The summed E-state index contributed by atoms with van der Waals surface area (Å²) in [6.45, 7) is 0.118. The molecule has 1 N–H and O–H groups in total. The van der Waals surface area contributed by atoms with Crippen molar-refractivity contribution in [2.24, 2.45) is 0 Å². The second kappa shape index (κ2) is 5.34. The van der Waals surface area contributed by atoms with Crippen LogP contribution in [0.25, 0.3) is 0 Å². The van der Waals surface area contributed by atoms with Crippen LogP contribution in [0.2, 0.25) is 15.1 Å². The van der Waals surface area contributed by atoms with Gasteiger partial charge < -0.3 is 14.6 Å². The number of fused-ring (bicyclic) bond motifs is 1. The van der Waals surface area contributed by atoms with Crippen molar-refractivity contribution in [2.75, 3.05) is 6.79 Å². The van der Waals surface area contributed by atoms with Gasteiger partial charge in [0.15, 0.2) is 11.5 Å². The molecule has 0 saturated carbocycles. The molecule has 0 bridgehead atoms. The fraction of sp³-hybridized carbons (Fsp3) is 0.143. The third-order valence-corrected chi connectivity index (χ3v) is 3.88. The summed E-state index contributed by atoms with van der Waals surface area (Å²) in [6, 6.07) is 8.21. The van der Waals surface area contributed by atoms with Gasteiger partial charge in [-0.3, -0.25) is 0 Å². The Morgan fingerprint density at radius 1 is 1.00 bits per heavy atom. The highest BCUT2D eigenvalue weighted by molar-refractivity contribution is 6.33. The number of benzene rings is 2. The minimum Gasteiger partial charge on any atom is -0.454 e. The highest BCUT2D eigenvalue weighted by Crippen LogP contribution is 2.42. The van der Waals surface area contributed by atoms with Gasteiger partial charge in [0.1, 0.15) is 6.10 Å². The van der Waals surface area contributed by atoms with E-state index < -0.39 is 6.10 Å². The van der Waals surface area contributed by atoms with Crippen molar-refractivity contribution in [3.05, 3.63) is 56.5 Å². The number of hydrogen-bond donors (Lipinski definition) is 1. The number of halogens is 3. The van der Waals surface area contributed by atoms with Gasteiger partial charge in [0.05, 0.1) is 5.02 Å². The summed E-state index contributed by atoms with van der Waals surface area (Å²) < 4.78 is 10.5. The molecular formula is C14H9Cl3O3. The molecule has 0 radical (unpaired) electrons. The largest absolute Gasteiger partial charge is 0.454 e. The Hall–Kier alpha value is -1.13. The zero-order chi connectivity index (χ0) is 14.3. The normalized spacial score (nSPS) is 14.4. The lowest BCUT2D eigenvalue weighted by Crippen LogP contribution is -2.01. The van der Waals surface area contributed by atoms with Crippen LogP contribution >= 0.6 is 34.8 Å². The van der Waals surface area contributed by atoms with Crippen molar-refractivity contribution >= 4 is 34.8 Å². The summed E-state index contributed by atoms with van der Waals surface area (Å²) in [4.78, 5) is 0. The third-order valence-electron chi connectivity index (χ3n) is 3.02. The van der Waals surface area contributed by atoms with E-state index in [4.69, 9.17) is 44.3 Å². The number of ether oxygens (including phenoxy) is 2. The summed E-state index contributed by atoms with van der Waals surface area (Å²) in [5.74, 6) is 0.990. The molecule has 0 aliphatic carbocycles. The Kier molecular flexibility index (Phi) is 3.69. The van der Waals surface area contributed by atoms with Crippen LogP contribution in [-0.4, -0.2) is 11.9 Å². The molecule has 1 aliphatic rings. The van der Waals surface area contributed by atoms with E-state index in [2.05, 4.69) is 0 Å². The molecule has 3 rings (SSSR count). The van der Waals surface area contributed by atoms with Crippen LogP contribution in [-0.2, 0) is 0 Å². The Morgan fingerprint density at radius 2 is 1.80 bits per heavy atom. The van der Waals surface area contributed by atoms with E-state index in [9.17, 15) is 5.11 Å². The minimum atomic E-state index is -0.951. The first-order valence-corrected chi connectivity index (χ1v) is 6.91. The lowest BCUT2D eigenvalue weighted by molar-refractivity contribution is 0.173. The maximum absolute atomic E-state index is 10.5. The predicted molar refractivity (Wildman–Crippen MR) is 78.1 cm³/mol. The quantitative estimate of drug-likeness (QED) is 0.883. The number of aliphatic hydroxyl groups excluding tert-OH is 1. The van der Waals surface area contributed by atoms with E-state index in [0.29, 0.717) is 37.7 Å². The van der Waals surface area contributed by atoms with Crippen LogP contribution in [0.5, 0.6) is 11.5 Å². The van der Waals surface area contributed by atoms with E-state index in [1.165, 1.54) is 0 Å². The van der Waals surface area contributed by atoms with Crippen LogP contribution in [0.15, 0.2) is 30.3 Å². The van der Waals surface area contributed by atoms with Crippen molar-refractivity contribution in [1.82, 2.24) is 0 Å². The lowest BCUT2D eigenvalue weighted by Gasteiger charge is -2.14. The van der Waals surface area contributed by atoms with E-state index in [-0.39, 0.29) is 6.79 Å². The van der Waals surface area contributed by atoms with E-state index >= 15 is 0 Å². The number of hydrogen-bond acceptors (Lipinski definition) is 3. The molecule has 104 valence electrons. The molecule has 1 atom stereocenters. The summed E-state index contributed by atoms with van der Waals surface area (Å²) in [7, 11) is 0. The highest BCUT2D eigenvalue weighted by atomic mass is 35.5. The molecule has 1 heterocycles. The van der Waals surface area contributed by atoms with Gasteiger partial charge in [-0.1, -0.05) is 34.8 Å². The fourth-order valence-electron chi connectivity index (χ4n) is 2.05. The van der Waals surface area contributed by atoms with Gasteiger partial charge in [0.25, 0.3) is 0 Å². The van der Waals surface area contributed by atoms with Crippen LogP contribution < -0.4 is 9.47 Å². The summed E-state index contributed by atoms with van der Waals surface area (Å²) in [5, 5.41) is 11.8. The van der Waals surface area contributed by atoms with Gasteiger partial charge in [0.2, 0.25) is 6.79 Å². The van der Waals surface area contributed by atoms with Gasteiger partial charge in [0, 0.05) is 15.6 Å². The van der Waals surface area contributed by atoms with Crippen LogP contribution in [0.1, 0.15) is 17.2 Å². The third kappa shape index (κ3) is 2.42. The molecule has 0 amide bonds. The fourth-order valence-corrected chi connectivity index (χ4v) is 2.72. The summed E-state index contributed by atoms with van der Waals surface area (Å²) in [6.07, 6.45) is -0.951. The average molecular weight is 332 g/mol. The van der Waals surface area contributed by atoms with Gasteiger partial charge in [-0.25, -0.2) is 0 Å². The van der Waals surface area contributed by atoms with Crippen molar-refractivity contribution in [1.29, 1.82) is 0 Å². The summed E-state index contributed by atoms with van der Waals surface area (Å²) >= 11 is 18.1. The first-order valence-electron chi connectivity index (χ1n) is 5.78. The van der Waals surface area contributed by atoms with E-state index in [1.807, 2.05) is 0 Å². The van der Waals surface area contributed by atoms with E-state index in [0.717, 1.165) is 0 Å². The minimum absolute atomic E-state index is 0.118. The Morgan fingerprint density at radius 3 is 2.60 bits per heavy atom. The predicted octanol–water partition coefficient (Wildman–Crippen LogP) is 4.46. The second-order valence-corrected chi connectivity index (χ2v) is 5.56. The SMILES string of the molecule is OC(c1cc(Cl)c2c(c1)OCO2)c1cc(Cl)ccc1Cl. The molecule has 0 aromatic heterocycles. The molecule has 0 saturated heterocycles. The van der Waals surface area contributed by atoms with Gasteiger partial charge >= 0.3 is 0 Å². The zero-order valence-electron chi connectivity index (χ0n) is 10.1. The van der Waals surface area contributed by atoms with Crippen molar-refractivity contribution in [2.45, 2.75) is 6.10 Å². The maximum atomic E-state index is 10.5. The molecule has 2 aromatic carbocycles. The zero-order valence-corrected chi connectivity index (χ0v) is 12.3. The number of rotatable bonds is 2. The summed E-state index contributed by atoms with van der Waals surface area (Å²) in [5.41, 5.74) is 1.07. The first-order chi connectivity index (χ1) is 9.56. The van der Waals surface area contributed by atoms with Crippen LogP contribution in [0, 0.1) is 0 Å². The van der Waals surface area contributed by atoms with Crippen molar-refractivity contribution in [3.63, 3.8) is 0 Å². The lowest BCUT2D eigenvalue weighted by atomic mass is 10.0. The molecule has 0 fully saturated rings. The number of aliphatic hydroxyl groups is 1. The molecule has 20 heavy (non-hydrogen) atoms. The van der Waals surface area contributed by atoms with Gasteiger partial charge in [-0.2, -0.15) is 0 Å². The molecule has 0 spiro atoms. The van der Waals surface area contributed by atoms with E-state index in [1.54, 1.807) is 30.3 Å². The van der Waals surface area contributed by atoms with Crippen LogP contribution in [0.3, 0.4) is 0 Å². The molecule has 2 aromatic rings. The standard InChI is InChI=1S/C14H9Cl3O3/c15-8-1-2-10(16)9(5-8)13(18)7-3-11(17)14-12(4-7)19-6-20-14/h1-5,13,18H,6H2. The Bertz CT molecular complexity index is 673. The highest BCUT2D eigenvalue weighted by Gasteiger charge is 2.22. The average Bonchev–Trinajstić information content (AvgIpc) is 2.89. The molecule has 6 heteroatoms. The Labute approximate surface area is 130 Å². The Balaban J connectivity index is 2.04. The molecular weight excluding hydrogens is 323 g/mol. The monoisotopic (exact) mass is 330 g/mol. The molecule has 1 unspecified atom stereocenters. The van der Waals surface area contributed by atoms with Crippen LogP contribution in [0.4, 0.5) is 0 Å². The molecule has 3 nitrogen and oxygen atoms in total. The maximum Gasteiger partial charge on any atom is 0.231 e. The molecule has 1 aliphatic heterocycles. The van der Waals surface area contributed by atoms with Gasteiger partial charge in [-0.05, 0) is 35.9 Å². The topological polar surface area (TPSA) is 38.7 Å². The first kappa shape index (κ1) is 13.8. The van der Waals surface area contributed by atoms with Crippen molar-refractivity contribution < 1.29 is 14.6 Å².